The van der Waals surface area contributed by atoms with Crippen LogP contribution in [0.3, 0.4) is 0 Å². The van der Waals surface area contributed by atoms with Crippen LogP contribution in [0.25, 0.3) is 0 Å². The third-order valence-electron chi connectivity index (χ3n) is 3.28. The Labute approximate surface area is 105 Å². The number of phenols is 1. The fourth-order valence-electron chi connectivity index (χ4n) is 2.29. The number of phenolic OH excluding ortho intramolecular Hbond substituents is 1. The van der Waals surface area contributed by atoms with E-state index in [0.29, 0.717) is 12.2 Å². The molecule has 1 aromatic carbocycles. The Morgan fingerprint density at radius 1 is 1.39 bits per heavy atom. The van der Waals surface area contributed by atoms with E-state index in [4.69, 9.17) is 5.73 Å². The number of aromatic hydroxyl groups is 1. The van der Waals surface area contributed by atoms with Crippen molar-refractivity contribution in [2.75, 3.05) is 0 Å². The summed E-state index contributed by atoms with van der Waals surface area (Å²) in [5.41, 5.74) is 6.76. The zero-order valence-corrected chi connectivity index (χ0v) is 10.1. The van der Waals surface area contributed by atoms with Crippen LogP contribution in [0.1, 0.15) is 23.6 Å². The quantitative estimate of drug-likeness (QED) is 0.821. The smallest absolute Gasteiger partial charge is 0.155 e. The van der Waals surface area contributed by atoms with Crippen LogP contribution in [0.15, 0.2) is 24.3 Å². The second-order valence-corrected chi connectivity index (χ2v) is 4.73. The molecule has 94 valence electrons. The van der Waals surface area contributed by atoms with Gasteiger partial charge >= 0.3 is 0 Å². The van der Waals surface area contributed by atoms with Crippen LogP contribution in [0.5, 0.6) is 5.75 Å². The van der Waals surface area contributed by atoms with Crippen molar-refractivity contribution in [1.29, 1.82) is 0 Å². The van der Waals surface area contributed by atoms with Crippen molar-refractivity contribution in [1.82, 2.24) is 14.8 Å². The van der Waals surface area contributed by atoms with E-state index in [1.807, 2.05) is 22.9 Å². The summed E-state index contributed by atoms with van der Waals surface area (Å²) in [7, 11) is 0. The largest absolute Gasteiger partial charge is 0.508 e. The van der Waals surface area contributed by atoms with Gasteiger partial charge in [-0.25, -0.2) is 9.67 Å². The lowest BCUT2D eigenvalue weighted by Gasteiger charge is -2.17. The van der Waals surface area contributed by atoms with Gasteiger partial charge in [-0.2, -0.15) is 5.10 Å². The van der Waals surface area contributed by atoms with Crippen molar-refractivity contribution in [2.24, 2.45) is 5.73 Å². The molecular formula is C13H16N4O. The maximum atomic E-state index is 9.73. The lowest BCUT2D eigenvalue weighted by Crippen LogP contribution is -2.32. The van der Waals surface area contributed by atoms with E-state index in [0.717, 1.165) is 36.6 Å². The van der Waals surface area contributed by atoms with Crippen molar-refractivity contribution in [3.8, 4) is 5.75 Å². The van der Waals surface area contributed by atoms with Gasteiger partial charge in [0, 0.05) is 24.4 Å². The predicted octanol–water partition coefficient (Wildman–Crippen LogP) is 0.848. The number of rotatable bonds is 2. The van der Waals surface area contributed by atoms with Gasteiger partial charge in [-0.05, 0) is 12.5 Å². The highest BCUT2D eigenvalue weighted by Gasteiger charge is 2.19. The third-order valence-corrected chi connectivity index (χ3v) is 3.28. The molecule has 0 aliphatic carbocycles. The summed E-state index contributed by atoms with van der Waals surface area (Å²) >= 11 is 0. The molecule has 18 heavy (non-hydrogen) atoms. The third kappa shape index (κ3) is 2.09. The van der Waals surface area contributed by atoms with E-state index < -0.39 is 0 Å². The summed E-state index contributed by atoms with van der Waals surface area (Å²) in [5.74, 6) is 2.05. The summed E-state index contributed by atoms with van der Waals surface area (Å²) in [6, 6.07) is 7.46. The van der Waals surface area contributed by atoms with E-state index >= 15 is 0 Å². The molecule has 1 aliphatic rings. The normalized spacial score (nSPS) is 18.6. The average molecular weight is 244 g/mol. The van der Waals surface area contributed by atoms with E-state index in [1.165, 1.54) is 0 Å². The van der Waals surface area contributed by atoms with Gasteiger partial charge in [0.15, 0.2) is 5.82 Å². The van der Waals surface area contributed by atoms with Crippen LogP contribution < -0.4 is 5.73 Å². The minimum absolute atomic E-state index is 0.178. The standard InChI is InChI=1S/C13H16N4O/c14-10-5-6-13-15-12(16-17(13)8-10)7-9-3-1-2-4-11(9)18/h1-4,10,18H,5-8,14H2. The van der Waals surface area contributed by atoms with Gasteiger partial charge in [0.1, 0.15) is 11.6 Å². The van der Waals surface area contributed by atoms with Crippen LogP contribution >= 0.6 is 0 Å². The molecule has 1 aromatic heterocycles. The van der Waals surface area contributed by atoms with Gasteiger partial charge in [0.25, 0.3) is 0 Å². The van der Waals surface area contributed by atoms with Gasteiger partial charge in [-0.1, -0.05) is 18.2 Å². The van der Waals surface area contributed by atoms with Gasteiger partial charge < -0.3 is 10.8 Å². The molecule has 0 fully saturated rings. The first-order valence-electron chi connectivity index (χ1n) is 6.17. The lowest BCUT2D eigenvalue weighted by molar-refractivity contribution is 0.421. The molecule has 1 atom stereocenters. The molecule has 0 amide bonds. The predicted molar refractivity (Wildman–Crippen MR) is 67.2 cm³/mol. The van der Waals surface area contributed by atoms with Crippen LogP contribution in [0.4, 0.5) is 0 Å². The number of hydrogen-bond donors (Lipinski definition) is 2. The molecule has 2 heterocycles. The highest BCUT2D eigenvalue weighted by atomic mass is 16.3. The summed E-state index contributed by atoms with van der Waals surface area (Å²) < 4.78 is 1.89. The van der Waals surface area contributed by atoms with Crippen LogP contribution in [-0.2, 0) is 19.4 Å². The molecule has 5 heteroatoms. The summed E-state index contributed by atoms with van der Waals surface area (Å²) in [4.78, 5) is 4.51. The van der Waals surface area contributed by atoms with Gasteiger partial charge in [-0.3, -0.25) is 0 Å². The summed E-state index contributed by atoms with van der Waals surface area (Å²) in [6.45, 7) is 0.739. The fraction of sp³-hybridized carbons (Fsp3) is 0.385. The number of para-hydroxylation sites is 1. The Morgan fingerprint density at radius 3 is 3.06 bits per heavy atom. The summed E-state index contributed by atoms with van der Waals surface area (Å²) in [6.07, 6.45) is 2.41. The highest BCUT2D eigenvalue weighted by Crippen LogP contribution is 2.19. The highest BCUT2D eigenvalue weighted by molar-refractivity contribution is 5.33. The Morgan fingerprint density at radius 2 is 2.22 bits per heavy atom. The molecule has 0 saturated heterocycles. The van der Waals surface area contributed by atoms with Crippen LogP contribution in [0, 0.1) is 0 Å². The number of fused-ring (bicyclic) bond motifs is 1. The molecule has 0 spiro atoms. The number of aryl methyl sites for hydroxylation is 1. The number of aromatic nitrogens is 3. The minimum Gasteiger partial charge on any atom is -0.508 e. The Kier molecular flexibility index (Phi) is 2.76. The van der Waals surface area contributed by atoms with Crippen molar-refractivity contribution in [3.05, 3.63) is 41.5 Å². The Balaban J connectivity index is 1.84. The van der Waals surface area contributed by atoms with Crippen molar-refractivity contribution >= 4 is 0 Å². The lowest BCUT2D eigenvalue weighted by atomic mass is 10.1. The van der Waals surface area contributed by atoms with Gasteiger partial charge in [-0.15, -0.1) is 0 Å². The molecule has 3 rings (SSSR count). The van der Waals surface area contributed by atoms with E-state index in [1.54, 1.807) is 6.07 Å². The number of hydrogen-bond acceptors (Lipinski definition) is 4. The average Bonchev–Trinajstić information content (AvgIpc) is 2.73. The molecule has 5 nitrogen and oxygen atoms in total. The zero-order valence-electron chi connectivity index (χ0n) is 10.1. The number of benzene rings is 1. The second kappa shape index (κ2) is 4.42. The molecule has 1 aliphatic heterocycles. The topological polar surface area (TPSA) is 77.0 Å². The monoisotopic (exact) mass is 244 g/mol. The molecule has 0 bridgehead atoms. The second-order valence-electron chi connectivity index (χ2n) is 4.73. The molecule has 1 unspecified atom stereocenters. The molecule has 3 N–H and O–H groups in total. The van der Waals surface area contributed by atoms with E-state index in [9.17, 15) is 5.11 Å². The molecular weight excluding hydrogens is 228 g/mol. The minimum atomic E-state index is 0.178. The van der Waals surface area contributed by atoms with Crippen molar-refractivity contribution in [3.63, 3.8) is 0 Å². The number of nitrogens with two attached hydrogens (primary N) is 1. The van der Waals surface area contributed by atoms with Crippen LogP contribution in [-0.4, -0.2) is 25.9 Å². The van der Waals surface area contributed by atoms with Crippen LogP contribution in [0.2, 0.25) is 0 Å². The van der Waals surface area contributed by atoms with Gasteiger partial charge in [0.2, 0.25) is 0 Å². The maximum Gasteiger partial charge on any atom is 0.155 e. The SMILES string of the molecule is NC1CCc2nc(Cc3ccccc3O)nn2C1. The number of nitrogens with zero attached hydrogens (tertiary/aromatic N) is 3. The molecule has 0 radical (unpaired) electrons. The Bertz CT molecular complexity index is 564. The zero-order chi connectivity index (χ0) is 12.5. The Hall–Kier alpha value is -1.88. The summed E-state index contributed by atoms with van der Waals surface area (Å²) in [5, 5.41) is 14.2. The first kappa shape index (κ1) is 11.2. The van der Waals surface area contributed by atoms with Crippen molar-refractivity contribution < 1.29 is 5.11 Å². The van der Waals surface area contributed by atoms with Crippen molar-refractivity contribution in [2.45, 2.75) is 31.8 Å². The van der Waals surface area contributed by atoms with E-state index in [-0.39, 0.29) is 6.04 Å². The fourth-order valence-corrected chi connectivity index (χ4v) is 2.29. The molecule has 2 aromatic rings. The van der Waals surface area contributed by atoms with E-state index in [2.05, 4.69) is 10.1 Å². The first-order chi connectivity index (χ1) is 8.72. The maximum absolute atomic E-state index is 9.73. The van der Waals surface area contributed by atoms with Gasteiger partial charge in [0.05, 0.1) is 6.54 Å². The molecule has 0 saturated carbocycles. The first-order valence-corrected chi connectivity index (χ1v) is 6.17.